The second-order valence-electron chi connectivity index (χ2n) is 7.91. The van der Waals surface area contributed by atoms with Gasteiger partial charge in [0.15, 0.2) is 9.84 Å². The smallest absolute Gasteiger partial charge is 0.258 e. The molecular weight excluding hydrogens is 496 g/mol. The molecule has 182 valence electrons. The Labute approximate surface area is 212 Å². The summed E-state index contributed by atoms with van der Waals surface area (Å²) in [5.74, 6) is -0.937. The number of amidine groups is 1. The number of carbonyl (C=O) groups is 2. The Morgan fingerprint density at radius 1 is 0.861 bits per heavy atom. The van der Waals surface area contributed by atoms with Crippen molar-refractivity contribution >= 4 is 49.5 Å². The summed E-state index contributed by atoms with van der Waals surface area (Å²) in [6, 6.07) is 21.5. The second-order valence-corrected chi connectivity index (χ2v) is 10.8. The molecule has 0 radical (unpaired) electrons. The number of anilines is 2. The number of amides is 2. The van der Waals surface area contributed by atoms with Gasteiger partial charge in [-0.2, -0.15) is 0 Å². The molecule has 1 heterocycles. The van der Waals surface area contributed by atoms with Crippen molar-refractivity contribution in [3.05, 3.63) is 101 Å². The number of nitrogens with two attached hydrogens (primary N) is 1. The van der Waals surface area contributed by atoms with Crippen LogP contribution in [0.15, 0.2) is 89.1 Å². The average Bonchev–Trinajstić information content (AvgIpc) is 3.32. The Balaban J connectivity index is 1.50. The van der Waals surface area contributed by atoms with Crippen LogP contribution in [0.2, 0.25) is 0 Å². The molecule has 0 fully saturated rings. The normalized spacial score (nSPS) is 11.0. The van der Waals surface area contributed by atoms with Crippen molar-refractivity contribution in [3.63, 3.8) is 0 Å². The Morgan fingerprint density at radius 2 is 1.58 bits per heavy atom. The minimum atomic E-state index is -3.42. The van der Waals surface area contributed by atoms with Crippen molar-refractivity contribution in [3.8, 4) is 11.1 Å². The Kier molecular flexibility index (Phi) is 7.00. The van der Waals surface area contributed by atoms with E-state index in [1.807, 2.05) is 0 Å². The fourth-order valence-corrected chi connectivity index (χ4v) is 5.24. The van der Waals surface area contributed by atoms with Crippen LogP contribution in [0.5, 0.6) is 0 Å². The van der Waals surface area contributed by atoms with E-state index in [0.717, 1.165) is 6.26 Å². The average molecular weight is 519 g/mol. The van der Waals surface area contributed by atoms with Crippen LogP contribution in [0.4, 0.5) is 10.7 Å². The van der Waals surface area contributed by atoms with E-state index in [9.17, 15) is 18.0 Å². The monoisotopic (exact) mass is 518 g/mol. The molecule has 0 atom stereocenters. The highest BCUT2D eigenvalue weighted by atomic mass is 32.2. The highest BCUT2D eigenvalue weighted by Crippen LogP contribution is 2.29. The predicted octanol–water partition coefficient (Wildman–Crippen LogP) is 4.61. The molecule has 0 saturated heterocycles. The molecule has 0 spiro atoms. The summed E-state index contributed by atoms with van der Waals surface area (Å²) in [5.41, 5.74) is 8.32. The zero-order valence-electron chi connectivity index (χ0n) is 19.1. The number of hydrogen-bond donors (Lipinski definition) is 4. The molecule has 0 unspecified atom stereocenters. The van der Waals surface area contributed by atoms with E-state index in [1.165, 1.54) is 11.3 Å². The lowest BCUT2D eigenvalue weighted by Crippen LogP contribution is -2.17. The van der Waals surface area contributed by atoms with Crippen molar-refractivity contribution in [2.24, 2.45) is 5.73 Å². The van der Waals surface area contributed by atoms with Gasteiger partial charge in [-0.05, 0) is 47.3 Å². The van der Waals surface area contributed by atoms with Gasteiger partial charge in [0.2, 0.25) is 0 Å². The number of sulfone groups is 1. The van der Waals surface area contributed by atoms with E-state index < -0.39 is 21.7 Å². The number of nitrogens with one attached hydrogen (secondary N) is 3. The van der Waals surface area contributed by atoms with Crippen molar-refractivity contribution in [2.45, 2.75) is 4.90 Å². The topological polar surface area (TPSA) is 142 Å². The van der Waals surface area contributed by atoms with Gasteiger partial charge < -0.3 is 16.4 Å². The molecule has 10 heteroatoms. The third kappa shape index (κ3) is 5.51. The fourth-order valence-electron chi connectivity index (χ4n) is 3.55. The van der Waals surface area contributed by atoms with Gasteiger partial charge in [-0.15, -0.1) is 11.3 Å². The maximum Gasteiger partial charge on any atom is 0.258 e. The van der Waals surface area contributed by atoms with Crippen molar-refractivity contribution in [1.82, 2.24) is 0 Å². The van der Waals surface area contributed by atoms with Crippen LogP contribution < -0.4 is 16.4 Å². The molecule has 5 N–H and O–H groups in total. The number of carbonyl (C=O) groups excluding carboxylic acids is 2. The number of rotatable bonds is 7. The quantitative estimate of drug-likeness (QED) is 0.209. The molecule has 0 aliphatic carbocycles. The summed E-state index contributed by atoms with van der Waals surface area (Å²) in [6.45, 7) is 0. The first-order valence-electron chi connectivity index (χ1n) is 10.7. The van der Waals surface area contributed by atoms with Crippen LogP contribution >= 0.6 is 11.3 Å². The molecule has 0 bridgehead atoms. The van der Waals surface area contributed by atoms with Crippen LogP contribution in [0.25, 0.3) is 11.1 Å². The molecule has 3 aromatic carbocycles. The summed E-state index contributed by atoms with van der Waals surface area (Å²) in [6.07, 6.45) is 1.16. The van der Waals surface area contributed by atoms with Gasteiger partial charge in [0.1, 0.15) is 10.8 Å². The van der Waals surface area contributed by atoms with E-state index >= 15 is 0 Å². The van der Waals surface area contributed by atoms with Crippen LogP contribution in [0.1, 0.15) is 26.3 Å². The molecule has 2 amide bonds. The predicted molar refractivity (Wildman–Crippen MR) is 143 cm³/mol. The van der Waals surface area contributed by atoms with Gasteiger partial charge in [0.05, 0.1) is 10.5 Å². The maximum absolute atomic E-state index is 12.9. The Morgan fingerprint density at radius 3 is 2.28 bits per heavy atom. The summed E-state index contributed by atoms with van der Waals surface area (Å²) in [4.78, 5) is 25.9. The zero-order valence-corrected chi connectivity index (χ0v) is 20.7. The van der Waals surface area contributed by atoms with Crippen LogP contribution in [0, 0.1) is 5.41 Å². The van der Waals surface area contributed by atoms with E-state index in [0.29, 0.717) is 38.5 Å². The number of hydrogen-bond acceptors (Lipinski definition) is 6. The van der Waals surface area contributed by atoms with E-state index in [-0.39, 0.29) is 10.7 Å². The van der Waals surface area contributed by atoms with Crippen molar-refractivity contribution in [1.29, 1.82) is 5.41 Å². The summed E-state index contributed by atoms with van der Waals surface area (Å²) in [5, 5.41) is 15.1. The van der Waals surface area contributed by atoms with Gasteiger partial charge in [-0.3, -0.25) is 15.0 Å². The van der Waals surface area contributed by atoms with E-state index in [1.54, 1.807) is 84.2 Å². The highest BCUT2D eigenvalue weighted by molar-refractivity contribution is 7.90. The van der Waals surface area contributed by atoms with Crippen molar-refractivity contribution < 1.29 is 18.0 Å². The molecule has 0 saturated carbocycles. The van der Waals surface area contributed by atoms with Gasteiger partial charge in [0.25, 0.3) is 11.8 Å². The fraction of sp³-hybridized carbons (Fsp3) is 0.0385. The minimum Gasteiger partial charge on any atom is -0.384 e. The van der Waals surface area contributed by atoms with Gasteiger partial charge >= 0.3 is 0 Å². The highest BCUT2D eigenvalue weighted by Gasteiger charge is 2.18. The van der Waals surface area contributed by atoms with E-state index in [2.05, 4.69) is 10.6 Å². The second kappa shape index (κ2) is 10.1. The molecular formula is C26H22N4O4S2. The first kappa shape index (κ1) is 24.8. The van der Waals surface area contributed by atoms with E-state index in [4.69, 9.17) is 11.1 Å². The lowest BCUT2D eigenvalue weighted by Gasteiger charge is -2.10. The maximum atomic E-state index is 12.9. The third-order valence-corrected chi connectivity index (χ3v) is 7.30. The van der Waals surface area contributed by atoms with Gasteiger partial charge in [0, 0.05) is 28.6 Å². The Hall–Kier alpha value is -4.28. The molecule has 8 nitrogen and oxygen atoms in total. The summed E-state index contributed by atoms with van der Waals surface area (Å²) < 4.78 is 24.2. The Bertz CT molecular complexity index is 1580. The molecule has 1 aromatic heterocycles. The third-order valence-electron chi connectivity index (χ3n) is 5.31. The summed E-state index contributed by atoms with van der Waals surface area (Å²) in [7, 11) is -3.42. The molecule has 4 aromatic rings. The number of thiophene rings is 1. The van der Waals surface area contributed by atoms with Crippen LogP contribution in [-0.4, -0.2) is 32.3 Å². The number of nitrogen functional groups attached to an aromatic ring is 1. The number of benzene rings is 3. The first-order valence-corrected chi connectivity index (χ1v) is 13.4. The largest absolute Gasteiger partial charge is 0.384 e. The van der Waals surface area contributed by atoms with Crippen LogP contribution in [-0.2, 0) is 9.84 Å². The lowest BCUT2D eigenvalue weighted by molar-refractivity contribution is 0.102. The summed E-state index contributed by atoms with van der Waals surface area (Å²) >= 11 is 1.21. The zero-order chi connectivity index (χ0) is 25.9. The molecule has 36 heavy (non-hydrogen) atoms. The SMILES string of the molecule is CS(=O)(=O)c1ccccc1-c1ccc(C(=O)Nc2sccc2C(=O)Nc2cccc(C(=N)N)c2)cc1. The van der Waals surface area contributed by atoms with Gasteiger partial charge in [-0.1, -0.05) is 42.5 Å². The molecule has 4 rings (SSSR count). The first-order chi connectivity index (χ1) is 17.1. The molecule has 0 aliphatic heterocycles. The minimum absolute atomic E-state index is 0.111. The van der Waals surface area contributed by atoms with Crippen LogP contribution in [0.3, 0.4) is 0 Å². The lowest BCUT2D eigenvalue weighted by atomic mass is 10.0. The van der Waals surface area contributed by atoms with Gasteiger partial charge in [-0.25, -0.2) is 8.42 Å². The standard InChI is InChI=1S/C26H22N4O4S2/c1-36(33,34)22-8-3-2-7-20(22)16-9-11-17(12-10-16)24(31)30-26-21(13-14-35-26)25(32)29-19-6-4-5-18(15-19)23(27)28/h2-15H,1H3,(H3,27,28)(H,29,32)(H,30,31). The molecule has 0 aliphatic rings. The van der Waals surface area contributed by atoms with Crippen molar-refractivity contribution in [2.75, 3.05) is 16.9 Å².